The van der Waals surface area contributed by atoms with Gasteiger partial charge in [0.25, 0.3) is 0 Å². The minimum absolute atomic E-state index is 0.196. The van der Waals surface area contributed by atoms with Gasteiger partial charge in [-0.2, -0.15) is 0 Å². The van der Waals surface area contributed by atoms with E-state index < -0.39 is 11.9 Å². The second-order valence-corrected chi connectivity index (χ2v) is 3.96. The first kappa shape index (κ1) is 15.0. The van der Waals surface area contributed by atoms with E-state index in [9.17, 15) is 9.59 Å². The topological polar surface area (TPSA) is 55.8 Å². The highest BCUT2D eigenvalue weighted by Gasteiger charge is 2.19. The van der Waals surface area contributed by atoms with Crippen LogP contribution < -0.4 is 4.74 Å². The second kappa shape index (κ2) is 7.41. The quantitative estimate of drug-likeness (QED) is 0.599. The van der Waals surface area contributed by atoms with Crippen LogP contribution in [0.15, 0.2) is 24.3 Å². The van der Waals surface area contributed by atoms with E-state index in [0.29, 0.717) is 13.2 Å². The van der Waals surface area contributed by atoms with Crippen molar-refractivity contribution in [3.63, 3.8) is 0 Å². The number of amides is 1. The lowest BCUT2D eigenvalue weighted by molar-refractivity contribution is -0.159. The van der Waals surface area contributed by atoms with Crippen molar-refractivity contribution in [3.05, 3.63) is 29.8 Å². The number of hydrogen-bond acceptors (Lipinski definition) is 4. The first-order valence-corrected chi connectivity index (χ1v) is 6.22. The first-order valence-electron chi connectivity index (χ1n) is 6.22. The fourth-order valence-corrected chi connectivity index (χ4v) is 1.55. The Balaban J connectivity index is 2.58. The molecular formula is C14H19NO4. The van der Waals surface area contributed by atoms with E-state index in [4.69, 9.17) is 4.74 Å². The van der Waals surface area contributed by atoms with E-state index >= 15 is 0 Å². The number of carbonyl (C=O) groups excluding carboxylic acids is 2. The lowest BCUT2D eigenvalue weighted by Gasteiger charge is -2.16. The number of rotatable bonds is 5. The zero-order valence-electron chi connectivity index (χ0n) is 11.5. The van der Waals surface area contributed by atoms with E-state index in [1.165, 1.54) is 4.90 Å². The van der Waals surface area contributed by atoms with Crippen molar-refractivity contribution < 1.29 is 19.1 Å². The summed E-state index contributed by atoms with van der Waals surface area (Å²) in [7, 11) is 1.57. The molecule has 0 aromatic heterocycles. The summed E-state index contributed by atoms with van der Waals surface area (Å²) in [4.78, 5) is 24.2. The van der Waals surface area contributed by atoms with Crippen molar-refractivity contribution in [1.82, 2.24) is 4.90 Å². The summed E-state index contributed by atoms with van der Waals surface area (Å²) in [6.45, 7) is 4.74. The Morgan fingerprint density at radius 1 is 1.11 bits per heavy atom. The SMILES string of the molecule is CCOC(=O)C(=O)N(C)Cc1ccc(OCC)cc1. The maximum atomic E-state index is 11.6. The number of ether oxygens (including phenoxy) is 2. The minimum Gasteiger partial charge on any atom is -0.494 e. The van der Waals surface area contributed by atoms with Crippen LogP contribution in [-0.4, -0.2) is 37.0 Å². The average Bonchev–Trinajstić information content (AvgIpc) is 2.40. The Bertz CT molecular complexity index is 428. The molecule has 1 aromatic carbocycles. The molecule has 0 aliphatic rings. The van der Waals surface area contributed by atoms with Gasteiger partial charge in [0.05, 0.1) is 13.2 Å². The van der Waals surface area contributed by atoms with Gasteiger partial charge in [0.15, 0.2) is 0 Å². The maximum Gasteiger partial charge on any atom is 0.397 e. The molecule has 5 nitrogen and oxygen atoms in total. The third-order valence-corrected chi connectivity index (χ3v) is 2.45. The molecule has 0 aliphatic heterocycles. The van der Waals surface area contributed by atoms with Crippen LogP contribution in [0.5, 0.6) is 5.75 Å². The monoisotopic (exact) mass is 265 g/mol. The molecule has 1 rings (SSSR count). The zero-order valence-corrected chi connectivity index (χ0v) is 11.5. The van der Waals surface area contributed by atoms with Crippen molar-refractivity contribution in [1.29, 1.82) is 0 Å². The third-order valence-electron chi connectivity index (χ3n) is 2.45. The van der Waals surface area contributed by atoms with Gasteiger partial charge in [0, 0.05) is 13.6 Å². The van der Waals surface area contributed by atoms with E-state index in [1.807, 2.05) is 31.2 Å². The predicted molar refractivity (Wildman–Crippen MR) is 70.7 cm³/mol. The van der Waals surface area contributed by atoms with Crippen LogP contribution in [0.25, 0.3) is 0 Å². The van der Waals surface area contributed by atoms with Crippen LogP contribution in [0, 0.1) is 0 Å². The van der Waals surface area contributed by atoms with Crippen LogP contribution in [0.4, 0.5) is 0 Å². The highest BCUT2D eigenvalue weighted by molar-refractivity contribution is 6.32. The molecule has 0 fully saturated rings. The molecule has 5 heteroatoms. The molecule has 104 valence electrons. The van der Waals surface area contributed by atoms with Crippen LogP contribution >= 0.6 is 0 Å². The molecule has 0 spiro atoms. The fourth-order valence-electron chi connectivity index (χ4n) is 1.55. The summed E-state index contributed by atoms with van der Waals surface area (Å²) in [6.07, 6.45) is 0. The highest BCUT2D eigenvalue weighted by Crippen LogP contribution is 2.13. The van der Waals surface area contributed by atoms with Gasteiger partial charge < -0.3 is 14.4 Å². The summed E-state index contributed by atoms with van der Waals surface area (Å²) in [5.74, 6) is -0.683. The van der Waals surface area contributed by atoms with Gasteiger partial charge >= 0.3 is 11.9 Å². The van der Waals surface area contributed by atoms with Crippen molar-refractivity contribution in [2.45, 2.75) is 20.4 Å². The number of carbonyl (C=O) groups is 2. The highest BCUT2D eigenvalue weighted by atomic mass is 16.5. The molecule has 0 saturated heterocycles. The van der Waals surface area contributed by atoms with Crippen LogP contribution in [-0.2, 0) is 20.9 Å². The van der Waals surface area contributed by atoms with Gasteiger partial charge in [-0.1, -0.05) is 12.1 Å². The Kier molecular flexibility index (Phi) is 5.85. The lowest BCUT2D eigenvalue weighted by Crippen LogP contribution is -2.34. The average molecular weight is 265 g/mol. The molecule has 0 heterocycles. The summed E-state index contributed by atoms with van der Waals surface area (Å²) < 4.78 is 9.99. The van der Waals surface area contributed by atoms with Gasteiger partial charge in [-0.3, -0.25) is 4.79 Å². The maximum absolute atomic E-state index is 11.6. The van der Waals surface area contributed by atoms with E-state index in [1.54, 1.807) is 14.0 Å². The van der Waals surface area contributed by atoms with Crippen molar-refractivity contribution in [2.24, 2.45) is 0 Å². The summed E-state index contributed by atoms with van der Waals surface area (Å²) in [6, 6.07) is 7.39. The van der Waals surface area contributed by atoms with Crippen LogP contribution in [0.2, 0.25) is 0 Å². The van der Waals surface area contributed by atoms with Gasteiger partial charge in [-0.05, 0) is 31.5 Å². The lowest BCUT2D eigenvalue weighted by atomic mass is 10.2. The molecule has 1 amide bonds. The van der Waals surface area contributed by atoms with Crippen LogP contribution in [0.3, 0.4) is 0 Å². The Morgan fingerprint density at radius 3 is 2.26 bits per heavy atom. The van der Waals surface area contributed by atoms with Gasteiger partial charge in [0.2, 0.25) is 0 Å². The zero-order chi connectivity index (χ0) is 14.3. The molecule has 0 aliphatic carbocycles. The number of esters is 1. The molecular weight excluding hydrogens is 246 g/mol. The largest absolute Gasteiger partial charge is 0.494 e. The molecule has 0 N–H and O–H groups in total. The van der Waals surface area contributed by atoms with Gasteiger partial charge in [-0.15, -0.1) is 0 Å². The van der Waals surface area contributed by atoms with E-state index in [-0.39, 0.29) is 6.61 Å². The van der Waals surface area contributed by atoms with Crippen molar-refractivity contribution in [3.8, 4) is 5.75 Å². The number of likely N-dealkylation sites (N-methyl/N-ethyl adjacent to an activating group) is 1. The standard InChI is InChI=1S/C14H19NO4/c1-4-18-12-8-6-11(7-9-12)10-15(3)13(16)14(17)19-5-2/h6-9H,4-5,10H2,1-3H3. The van der Waals surface area contributed by atoms with E-state index in [0.717, 1.165) is 11.3 Å². The van der Waals surface area contributed by atoms with Gasteiger partial charge in [0.1, 0.15) is 5.75 Å². The second-order valence-electron chi connectivity index (χ2n) is 3.96. The minimum atomic E-state index is -0.823. The Labute approximate surface area is 113 Å². The van der Waals surface area contributed by atoms with Gasteiger partial charge in [-0.25, -0.2) is 4.79 Å². The Hall–Kier alpha value is -2.04. The van der Waals surface area contributed by atoms with Crippen LogP contribution in [0.1, 0.15) is 19.4 Å². The summed E-state index contributed by atoms with van der Waals surface area (Å²) in [5.41, 5.74) is 0.920. The molecule has 0 saturated carbocycles. The smallest absolute Gasteiger partial charge is 0.397 e. The molecule has 1 aromatic rings. The van der Waals surface area contributed by atoms with Crippen molar-refractivity contribution >= 4 is 11.9 Å². The summed E-state index contributed by atoms with van der Waals surface area (Å²) >= 11 is 0. The molecule has 0 unspecified atom stereocenters. The number of hydrogen-bond donors (Lipinski definition) is 0. The third kappa shape index (κ3) is 4.62. The molecule has 0 atom stereocenters. The molecule has 0 bridgehead atoms. The normalized spacial score (nSPS) is 9.84. The number of nitrogens with zero attached hydrogens (tertiary/aromatic N) is 1. The van der Waals surface area contributed by atoms with E-state index in [2.05, 4.69) is 4.74 Å². The molecule has 0 radical (unpaired) electrons. The molecule has 19 heavy (non-hydrogen) atoms. The number of benzene rings is 1. The predicted octanol–water partition coefficient (Wildman–Crippen LogP) is 1.61. The first-order chi connectivity index (χ1) is 9.08. The Morgan fingerprint density at radius 2 is 1.74 bits per heavy atom. The fraction of sp³-hybridized carbons (Fsp3) is 0.429. The summed E-state index contributed by atoms with van der Waals surface area (Å²) in [5, 5.41) is 0. The van der Waals surface area contributed by atoms with Crippen molar-refractivity contribution in [2.75, 3.05) is 20.3 Å².